The van der Waals surface area contributed by atoms with Crippen LogP contribution < -0.4 is 14.8 Å². The van der Waals surface area contributed by atoms with Crippen LogP contribution in [0.25, 0.3) is 0 Å². The zero-order chi connectivity index (χ0) is 13.1. The lowest BCUT2D eigenvalue weighted by atomic mass is 10.1. The lowest BCUT2D eigenvalue weighted by Gasteiger charge is -2.19. The molecule has 19 heavy (non-hydrogen) atoms. The fraction of sp³-hybridized carbons (Fsp3) is 0.600. The maximum atomic E-state index is 9.75. The minimum atomic E-state index is -0.166. The van der Waals surface area contributed by atoms with Crippen LogP contribution in [-0.2, 0) is 6.42 Å². The zero-order valence-corrected chi connectivity index (χ0v) is 11.1. The van der Waals surface area contributed by atoms with E-state index in [-0.39, 0.29) is 12.1 Å². The van der Waals surface area contributed by atoms with E-state index in [0.29, 0.717) is 13.2 Å². The summed E-state index contributed by atoms with van der Waals surface area (Å²) >= 11 is 0. The number of hydrogen-bond donors (Lipinski definition) is 2. The van der Waals surface area contributed by atoms with Crippen molar-refractivity contribution in [2.45, 2.75) is 37.8 Å². The molecule has 2 N–H and O–H groups in total. The van der Waals surface area contributed by atoms with Crippen molar-refractivity contribution in [2.75, 3.05) is 19.8 Å². The lowest BCUT2D eigenvalue weighted by Crippen LogP contribution is -2.36. The Hall–Kier alpha value is -1.26. The molecule has 104 valence electrons. The highest BCUT2D eigenvalue weighted by molar-refractivity contribution is 5.43. The Morgan fingerprint density at radius 2 is 2.00 bits per heavy atom. The third-order valence-electron chi connectivity index (χ3n) is 3.91. The number of nitrogens with one attached hydrogen (secondary N) is 1. The number of rotatable bonds is 4. The SMILES string of the molecule is OC1CCCC1NCCc1ccc2c(c1)OCCO2. The van der Waals surface area contributed by atoms with E-state index in [2.05, 4.69) is 17.4 Å². The van der Waals surface area contributed by atoms with Crippen LogP contribution in [0.2, 0.25) is 0 Å². The molecule has 2 unspecified atom stereocenters. The molecule has 0 bridgehead atoms. The molecule has 1 aromatic carbocycles. The Kier molecular flexibility index (Phi) is 3.89. The molecule has 0 amide bonds. The first-order valence-corrected chi connectivity index (χ1v) is 7.13. The normalized spacial score (nSPS) is 25.5. The monoisotopic (exact) mass is 263 g/mol. The summed E-state index contributed by atoms with van der Waals surface area (Å²) in [4.78, 5) is 0. The van der Waals surface area contributed by atoms with Crippen LogP contribution in [0, 0.1) is 0 Å². The summed E-state index contributed by atoms with van der Waals surface area (Å²) in [5.74, 6) is 1.69. The average molecular weight is 263 g/mol. The van der Waals surface area contributed by atoms with Crippen LogP contribution >= 0.6 is 0 Å². The summed E-state index contributed by atoms with van der Waals surface area (Å²) in [5.41, 5.74) is 1.24. The van der Waals surface area contributed by atoms with E-state index >= 15 is 0 Å². The smallest absolute Gasteiger partial charge is 0.161 e. The van der Waals surface area contributed by atoms with Gasteiger partial charge < -0.3 is 19.9 Å². The summed E-state index contributed by atoms with van der Waals surface area (Å²) in [5, 5.41) is 13.2. The first kappa shape index (κ1) is 12.8. The highest BCUT2D eigenvalue weighted by Gasteiger charge is 2.24. The minimum absolute atomic E-state index is 0.166. The van der Waals surface area contributed by atoms with Crippen molar-refractivity contribution in [3.8, 4) is 11.5 Å². The molecular weight excluding hydrogens is 242 g/mol. The van der Waals surface area contributed by atoms with E-state index in [1.165, 1.54) is 5.56 Å². The molecule has 1 aliphatic heterocycles. The summed E-state index contributed by atoms with van der Waals surface area (Å²) < 4.78 is 11.1. The molecule has 2 aliphatic rings. The number of aliphatic hydroxyl groups is 1. The highest BCUT2D eigenvalue weighted by Crippen LogP contribution is 2.30. The van der Waals surface area contributed by atoms with E-state index in [4.69, 9.17) is 9.47 Å². The first-order valence-electron chi connectivity index (χ1n) is 7.13. The molecule has 0 radical (unpaired) electrons. The van der Waals surface area contributed by atoms with E-state index in [1.807, 2.05) is 6.07 Å². The van der Waals surface area contributed by atoms with Crippen LogP contribution in [0.1, 0.15) is 24.8 Å². The molecule has 1 aliphatic carbocycles. The van der Waals surface area contributed by atoms with Gasteiger partial charge in [0.15, 0.2) is 11.5 Å². The Labute approximate surface area is 113 Å². The lowest BCUT2D eigenvalue weighted by molar-refractivity contribution is 0.149. The van der Waals surface area contributed by atoms with Crippen molar-refractivity contribution in [1.82, 2.24) is 5.32 Å². The van der Waals surface area contributed by atoms with Gasteiger partial charge >= 0.3 is 0 Å². The van der Waals surface area contributed by atoms with Gasteiger partial charge in [0.25, 0.3) is 0 Å². The minimum Gasteiger partial charge on any atom is -0.486 e. The number of benzene rings is 1. The molecule has 1 saturated carbocycles. The van der Waals surface area contributed by atoms with Crippen LogP contribution in [0.15, 0.2) is 18.2 Å². The van der Waals surface area contributed by atoms with Gasteiger partial charge in [-0.1, -0.05) is 6.07 Å². The van der Waals surface area contributed by atoms with Gasteiger partial charge in [0.05, 0.1) is 6.10 Å². The molecule has 1 fully saturated rings. The molecule has 0 aromatic heterocycles. The largest absolute Gasteiger partial charge is 0.486 e. The Bertz CT molecular complexity index is 435. The molecule has 0 spiro atoms. The fourth-order valence-electron chi connectivity index (χ4n) is 2.82. The third kappa shape index (κ3) is 3.01. The van der Waals surface area contributed by atoms with Crippen molar-refractivity contribution >= 4 is 0 Å². The van der Waals surface area contributed by atoms with Crippen LogP contribution in [-0.4, -0.2) is 37.0 Å². The fourth-order valence-corrected chi connectivity index (χ4v) is 2.82. The van der Waals surface area contributed by atoms with Crippen molar-refractivity contribution in [3.63, 3.8) is 0 Å². The first-order chi connectivity index (χ1) is 9.33. The second kappa shape index (κ2) is 5.80. The van der Waals surface area contributed by atoms with Gasteiger partial charge in [0.1, 0.15) is 13.2 Å². The average Bonchev–Trinajstić information content (AvgIpc) is 2.84. The predicted molar refractivity (Wildman–Crippen MR) is 72.8 cm³/mol. The quantitative estimate of drug-likeness (QED) is 0.864. The van der Waals surface area contributed by atoms with Gasteiger partial charge in [0, 0.05) is 6.04 Å². The molecule has 2 atom stereocenters. The predicted octanol–water partition coefficient (Wildman–Crippen LogP) is 1.50. The van der Waals surface area contributed by atoms with E-state index in [0.717, 1.165) is 43.7 Å². The molecule has 4 nitrogen and oxygen atoms in total. The molecule has 1 aromatic rings. The molecular formula is C15H21NO3. The third-order valence-corrected chi connectivity index (χ3v) is 3.91. The Morgan fingerprint density at radius 3 is 2.79 bits per heavy atom. The molecule has 3 rings (SSSR count). The van der Waals surface area contributed by atoms with Crippen molar-refractivity contribution in [3.05, 3.63) is 23.8 Å². The summed E-state index contributed by atoms with van der Waals surface area (Å²) in [6.45, 7) is 2.15. The van der Waals surface area contributed by atoms with Crippen LogP contribution in [0.4, 0.5) is 0 Å². The van der Waals surface area contributed by atoms with E-state index in [9.17, 15) is 5.11 Å². The molecule has 4 heteroatoms. The van der Waals surface area contributed by atoms with Crippen molar-refractivity contribution < 1.29 is 14.6 Å². The number of aliphatic hydroxyl groups excluding tert-OH is 1. The zero-order valence-electron chi connectivity index (χ0n) is 11.1. The Morgan fingerprint density at radius 1 is 1.16 bits per heavy atom. The van der Waals surface area contributed by atoms with Crippen molar-refractivity contribution in [2.24, 2.45) is 0 Å². The summed E-state index contributed by atoms with van der Waals surface area (Å²) in [7, 11) is 0. The van der Waals surface area contributed by atoms with Gasteiger partial charge in [-0.3, -0.25) is 0 Å². The van der Waals surface area contributed by atoms with Crippen LogP contribution in [0.3, 0.4) is 0 Å². The van der Waals surface area contributed by atoms with Gasteiger partial charge in [-0.15, -0.1) is 0 Å². The number of hydrogen-bond acceptors (Lipinski definition) is 4. The number of ether oxygens (including phenoxy) is 2. The molecule has 0 saturated heterocycles. The molecule has 1 heterocycles. The number of fused-ring (bicyclic) bond motifs is 1. The summed E-state index contributed by atoms with van der Waals surface area (Å²) in [6.07, 6.45) is 3.92. The second-order valence-corrected chi connectivity index (χ2v) is 5.29. The maximum Gasteiger partial charge on any atom is 0.161 e. The van der Waals surface area contributed by atoms with Gasteiger partial charge in [0.2, 0.25) is 0 Å². The second-order valence-electron chi connectivity index (χ2n) is 5.29. The van der Waals surface area contributed by atoms with Gasteiger partial charge in [-0.05, 0) is 49.9 Å². The topological polar surface area (TPSA) is 50.7 Å². The maximum absolute atomic E-state index is 9.75. The van der Waals surface area contributed by atoms with E-state index in [1.54, 1.807) is 0 Å². The highest BCUT2D eigenvalue weighted by atomic mass is 16.6. The Balaban J connectivity index is 1.52. The van der Waals surface area contributed by atoms with Gasteiger partial charge in [-0.25, -0.2) is 0 Å². The van der Waals surface area contributed by atoms with Gasteiger partial charge in [-0.2, -0.15) is 0 Å². The van der Waals surface area contributed by atoms with Crippen LogP contribution in [0.5, 0.6) is 11.5 Å². The van der Waals surface area contributed by atoms with Crippen molar-refractivity contribution in [1.29, 1.82) is 0 Å². The van der Waals surface area contributed by atoms with E-state index < -0.39 is 0 Å². The standard InChI is InChI=1S/C15H21NO3/c17-13-3-1-2-12(13)16-7-6-11-4-5-14-15(10-11)19-9-8-18-14/h4-5,10,12-13,16-17H,1-3,6-9H2. The summed E-state index contributed by atoms with van der Waals surface area (Å²) in [6, 6.07) is 6.40.